The Bertz CT molecular complexity index is 459. The van der Waals surface area contributed by atoms with E-state index in [2.05, 4.69) is 5.32 Å². The molecule has 3 N–H and O–H groups in total. The fourth-order valence-electron chi connectivity index (χ4n) is 1.92. The lowest BCUT2D eigenvalue weighted by Gasteiger charge is -2.13. The zero-order valence-electron chi connectivity index (χ0n) is 9.64. The molecule has 0 aromatic heterocycles. The predicted octanol–water partition coefficient (Wildman–Crippen LogP) is 1.49. The molecular formula is C12H15N3O2. The lowest BCUT2D eigenvalue weighted by Crippen LogP contribution is -2.31. The molecule has 3 amide bonds. The van der Waals surface area contributed by atoms with E-state index in [0.717, 1.165) is 11.3 Å². The molecule has 1 aromatic carbocycles. The van der Waals surface area contributed by atoms with Gasteiger partial charge in [0.05, 0.1) is 5.69 Å². The standard InChI is InChI=1S/C12H15N3O2/c1-2-4-10-11(16)15(12(17)14-10)9-6-3-5-8(13)7-9/h3,5-7,10H,2,4,13H2,1H3,(H,14,17)/t10-/m0/s1. The zero-order chi connectivity index (χ0) is 12.4. The molecule has 0 aliphatic carbocycles. The third kappa shape index (κ3) is 2.08. The molecule has 0 saturated carbocycles. The largest absolute Gasteiger partial charge is 0.399 e. The Morgan fingerprint density at radius 2 is 2.18 bits per heavy atom. The van der Waals surface area contributed by atoms with Crippen molar-refractivity contribution in [2.24, 2.45) is 0 Å². The summed E-state index contributed by atoms with van der Waals surface area (Å²) < 4.78 is 0. The number of anilines is 2. The van der Waals surface area contributed by atoms with Gasteiger partial charge in [0, 0.05) is 5.69 Å². The van der Waals surface area contributed by atoms with E-state index in [4.69, 9.17) is 5.73 Å². The summed E-state index contributed by atoms with van der Waals surface area (Å²) in [5, 5.41) is 2.67. The minimum atomic E-state index is -0.408. The lowest BCUT2D eigenvalue weighted by atomic mass is 10.1. The third-order valence-electron chi connectivity index (χ3n) is 2.73. The van der Waals surface area contributed by atoms with Crippen LogP contribution in [0.15, 0.2) is 24.3 Å². The number of nitrogens with two attached hydrogens (primary N) is 1. The number of nitrogen functional groups attached to an aromatic ring is 1. The Balaban J connectivity index is 2.27. The average molecular weight is 233 g/mol. The molecule has 90 valence electrons. The number of imide groups is 1. The molecule has 2 rings (SSSR count). The van der Waals surface area contributed by atoms with Crippen molar-refractivity contribution < 1.29 is 9.59 Å². The maximum Gasteiger partial charge on any atom is 0.329 e. The quantitative estimate of drug-likeness (QED) is 0.613. The van der Waals surface area contributed by atoms with Gasteiger partial charge in [-0.15, -0.1) is 0 Å². The summed E-state index contributed by atoms with van der Waals surface area (Å²) >= 11 is 0. The summed E-state index contributed by atoms with van der Waals surface area (Å²) in [7, 11) is 0. The van der Waals surface area contributed by atoms with Crippen LogP contribution in [0.3, 0.4) is 0 Å². The van der Waals surface area contributed by atoms with Crippen molar-refractivity contribution in [3.05, 3.63) is 24.3 Å². The predicted molar refractivity (Wildman–Crippen MR) is 65.6 cm³/mol. The van der Waals surface area contributed by atoms with Gasteiger partial charge < -0.3 is 11.1 Å². The summed E-state index contributed by atoms with van der Waals surface area (Å²) in [6, 6.07) is 5.96. The number of nitrogens with one attached hydrogen (secondary N) is 1. The van der Waals surface area contributed by atoms with Crippen molar-refractivity contribution in [3.8, 4) is 0 Å². The van der Waals surface area contributed by atoms with Gasteiger partial charge in [0.1, 0.15) is 6.04 Å². The summed E-state index contributed by atoms with van der Waals surface area (Å²) in [6.45, 7) is 1.97. The van der Waals surface area contributed by atoms with Gasteiger partial charge in [0.25, 0.3) is 5.91 Å². The molecule has 0 bridgehead atoms. The molecule has 1 saturated heterocycles. The number of rotatable bonds is 3. The topological polar surface area (TPSA) is 75.4 Å². The molecule has 1 aliphatic heterocycles. The molecule has 1 heterocycles. The SMILES string of the molecule is CCC[C@@H]1NC(=O)N(c2cccc(N)c2)C1=O. The summed E-state index contributed by atoms with van der Waals surface area (Å²) in [4.78, 5) is 24.9. The molecule has 5 heteroatoms. The first-order chi connectivity index (χ1) is 8.13. The van der Waals surface area contributed by atoms with Crippen molar-refractivity contribution in [1.82, 2.24) is 5.32 Å². The molecule has 1 atom stereocenters. The second-order valence-electron chi connectivity index (χ2n) is 4.06. The minimum absolute atomic E-state index is 0.206. The fourth-order valence-corrected chi connectivity index (χ4v) is 1.92. The Labute approximate surface area is 99.6 Å². The Morgan fingerprint density at radius 3 is 2.82 bits per heavy atom. The molecular weight excluding hydrogens is 218 g/mol. The highest BCUT2D eigenvalue weighted by Gasteiger charge is 2.38. The normalized spacial score (nSPS) is 19.6. The first-order valence-corrected chi connectivity index (χ1v) is 5.63. The van der Waals surface area contributed by atoms with Crippen LogP contribution in [0.1, 0.15) is 19.8 Å². The number of carbonyl (C=O) groups excluding carboxylic acids is 2. The van der Waals surface area contributed by atoms with E-state index in [0.29, 0.717) is 17.8 Å². The van der Waals surface area contributed by atoms with Gasteiger partial charge >= 0.3 is 6.03 Å². The highest BCUT2D eigenvalue weighted by atomic mass is 16.2. The molecule has 0 unspecified atom stereocenters. The van der Waals surface area contributed by atoms with Crippen LogP contribution in [-0.2, 0) is 4.79 Å². The van der Waals surface area contributed by atoms with Crippen LogP contribution in [0.2, 0.25) is 0 Å². The van der Waals surface area contributed by atoms with Crippen LogP contribution in [0.5, 0.6) is 0 Å². The van der Waals surface area contributed by atoms with Crippen molar-refractivity contribution >= 4 is 23.3 Å². The van der Waals surface area contributed by atoms with Gasteiger partial charge in [-0.05, 0) is 24.6 Å². The fraction of sp³-hybridized carbons (Fsp3) is 0.333. The average Bonchev–Trinajstić information content (AvgIpc) is 2.55. The molecule has 1 aliphatic rings. The Morgan fingerprint density at radius 1 is 1.41 bits per heavy atom. The molecule has 1 aromatic rings. The van der Waals surface area contributed by atoms with Crippen molar-refractivity contribution in [2.45, 2.75) is 25.8 Å². The zero-order valence-corrected chi connectivity index (χ0v) is 9.64. The Hall–Kier alpha value is -2.04. The van der Waals surface area contributed by atoms with Gasteiger partial charge in [-0.1, -0.05) is 19.4 Å². The number of amides is 3. The molecule has 5 nitrogen and oxygen atoms in total. The highest BCUT2D eigenvalue weighted by Crippen LogP contribution is 2.22. The van der Waals surface area contributed by atoms with Gasteiger partial charge in [0.2, 0.25) is 0 Å². The molecule has 1 fully saturated rings. The van der Waals surface area contributed by atoms with Crippen LogP contribution in [0.4, 0.5) is 16.2 Å². The summed E-state index contributed by atoms with van der Waals surface area (Å²) in [6.07, 6.45) is 1.50. The first kappa shape index (κ1) is 11.4. The van der Waals surface area contributed by atoms with Gasteiger partial charge in [-0.2, -0.15) is 0 Å². The highest BCUT2D eigenvalue weighted by molar-refractivity contribution is 6.21. The van der Waals surface area contributed by atoms with Gasteiger partial charge in [-0.3, -0.25) is 4.79 Å². The van der Waals surface area contributed by atoms with E-state index in [1.807, 2.05) is 6.92 Å². The smallest absolute Gasteiger partial charge is 0.329 e. The third-order valence-corrected chi connectivity index (χ3v) is 2.73. The van der Waals surface area contributed by atoms with Crippen LogP contribution in [0, 0.1) is 0 Å². The second-order valence-corrected chi connectivity index (χ2v) is 4.06. The van der Waals surface area contributed by atoms with Crippen molar-refractivity contribution in [3.63, 3.8) is 0 Å². The molecule has 0 radical (unpaired) electrons. The number of hydrogen-bond donors (Lipinski definition) is 2. The summed E-state index contributed by atoms with van der Waals surface area (Å²) in [5.74, 6) is -0.206. The number of urea groups is 1. The maximum absolute atomic E-state index is 12.0. The number of nitrogens with zero attached hydrogens (tertiary/aromatic N) is 1. The lowest BCUT2D eigenvalue weighted by molar-refractivity contribution is -0.118. The van der Waals surface area contributed by atoms with Crippen molar-refractivity contribution in [1.29, 1.82) is 0 Å². The van der Waals surface area contributed by atoms with E-state index in [-0.39, 0.29) is 11.9 Å². The molecule has 0 spiro atoms. The van der Waals surface area contributed by atoms with Crippen LogP contribution < -0.4 is 16.0 Å². The Kier molecular flexibility index (Phi) is 2.99. The van der Waals surface area contributed by atoms with Crippen molar-refractivity contribution in [2.75, 3.05) is 10.6 Å². The number of carbonyl (C=O) groups is 2. The van der Waals surface area contributed by atoms with Gasteiger partial charge in [-0.25, -0.2) is 9.69 Å². The van der Waals surface area contributed by atoms with E-state index in [1.54, 1.807) is 24.3 Å². The first-order valence-electron chi connectivity index (χ1n) is 5.63. The maximum atomic E-state index is 12.0. The van der Waals surface area contributed by atoms with E-state index in [1.165, 1.54) is 0 Å². The van der Waals surface area contributed by atoms with Crippen LogP contribution in [-0.4, -0.2) is 18.0 Å². The summed E-state index contributed by atoms with van der Waals surface area (Å²) in [5.41, 5.74) is 6.69. The van der Waals surface area contributed by atoms with E-state index in [9.17, 15) is 9.59 Å². The van der Waals surface area contributed by atoms with Crippen LogP contribution >= 0.6 is 0 Å². The van der Waals surface area contributed by atoms with E-state index < -0.39 is 6.04 Å². The minimum Gasteiger partial charge on any atom is -0.399 e. The number of hydrogen-bond acceptors (Lipinski definition) is 3. The van der Waals surface area contributed by atoms with E-state index >= 15 is 0 Å². The second kappa shape index (κ2) is 4.45. The monoisotopic (exact) mass is 233 g/mol. The van der Waals surface area contributed by atoms with Gasteiger partial charge in [0.15, 0.2) is 0 Å². The number of benzene rings is 1. The van der Waals surface area contributed by atoms with Crippen LogP contribution in [0.25, 0.3) is 0 Å². The molecule has 17 heavy (non-hydrogen) atoms.